The van der Waals surface area contributed by atoms with Crippen LogP contribution in [0.5, 0.6) is 0 Å². The quantitative estimate of drug-likeness (QED) is 0.893. The van der Waals surface area contributed by atoms with E-state index in [0.29, 0.717) is 11.5 Å². The summed E-state index contributed by atoms with van der Waals surface area (Å²) in [7, 11) is 0. The van der Waals surface area contributed by atoms with Crippen molar-refractivity contribution >= 4 is 5.69 Å². The van der Waals surface area contributed by atoms with Gasteiger partial charge in [0.05, 0.1) is 12.5 Å². The van der Waals surface area contributed by atoms with Crippen LogP contribution in [0.15, 0.2) is 29.1 Å². The third kappa shape index (κ3) is 2.65. The molecule has 0 amide bonds. The highest BCUT2D eigenvalue weighted by Crippen LogP contribution is 2.44. The molecule has 2 aromatic rings. The predicted molar refractivity (Wildman–Crippen MR) is 70.1 cm³/mol. The molecule has 112 valence electrons. The first-order valence-corrected chi connectivity index (χ1v) is 6.49. The van der Waals surface area contributed by atoms with Crippen LogP contribution < -0.4 is 10.6 Å². The minimum absolute atomic E-state index is 0.00479. The van der Waals surface area contributed by atoms with E-state index in [1.54, 1.807) is 23.1 Å². The van der Waals surface area contributed by atoms with Crippen LogP contribution in [0.25, 0.3) is 0 Å². The molecule has 1 aliphatic heterocycles. The molecule has 8 heteroatoms. The number of rotatable bonds is 2. The number of nitrogens with zero attached hydrogens (tertiary/aromatic N) is 2. The Morgan fingerprint density at radius 1 is 1.33 bits per heavy atom. The molecule has 1 aromatic carbocycles. The molecular formula is C13H13F3N4O. The highest BCUT2D eigenvalue weighted by molar-refractivity contribution is 5.57. The van der Waals surface area contributed by atoms with E-state index in [1.165, 1.54) is 6.07 Å². The monoisotopic (exact) mass is 298 g/mol. The van der Waals surface area contributed by atoms with Crippen LogP contribution in [0.4, 0.5) is 18.9 Å². The lowest BCUT2D eigenvalue weighted by Gasteiger charge is -2.35. The lowest BCUT2D eigenvalue weighted by molar-refractivity contribution is -0.152. The van der Waals surface area contributed by atoms with Crippen LogP contribution in [0.1, 0.15) is 23.7 Å². The van der Waals surface area contributed by atoms with Crippen LogP contribution in [0, 0.1) is 0 Å². The van der Waals surface area contributed by atoms with Gasteiger partial charge in [-0.3, -0.25) is 4.98 Å². The number of hydrogen-bond acceptors (Lipinski definition) is 3. The molecule has 1 aliphatic rings. The molecule has 0 aliphatic carbocycles. The average Bonchev–Trinajstić information content (AvgIpc) is 2.83. The smallest absolute Gasteiger partial charge is 0.364 e. The first-order valence-electron chi connectivity index (χ1n) is 6.49. The van der Waals surface area contributed by atoms with Crippen LogP contribution >= 0.6 is 0 Å². The third-order valence-electron chi connectivity index (χ3n) is 3.63. The summed E-state index contributed by atoms with van der Waals surface area (Å²) in [6.45, 7) is 0.524. The van der Waals surface area contributed by atoms with Gasteiger partial charge >= 0.3 is 11.9 Å². The summed E-state index contributed by atoms with van der Waals surface area (Å²) in [5.74, 6) is -1.04. The first kappa shape index (κ1) is 13.7. The molecule has 1 aromatic heterocycles. The third-order valence-corrected chi connectivity index (χ3v) is 3.63. The zero-order valence-corrected chi connectivity index (χ0v) is 10.9. The van der Waals surface area contributed by atoms with Gasteiger partial charge in [-0.15, -0.1) is 0 Å². The van der Waals surface area contributed by atoms with Crippen molar-refractivity contribution in [1.82, 2.24) is 15.2 Å². The number of para-hydroxylation sites is 1. The summed E-state index contributed by atoms with van der Waals surface area (Å²) in [5.41, 5.74) is 0.382. The first-order chi connectivity index (χ1) is 9.95. The van der Waals surface area contributed by atoms with E-state index in [2.05, 4.69) is 15.2 Å². The highest BCUT2D eigenvalue weighted by Gasteiger charge is 2.44. The van der Waals surface area contributed by atoms with Crippen LogP contribution in [-0.4, -0.2) is 27.9 Å². The predicted octanol–water partition coefficient (Wildman–Crippen LogP) is 2.15. The largest absolute Gasteiger partial charge is 0.395 e. The number of aromatic amines is 2. The van der Waals surface area contributed by atoms with Crippen molar-refractivity contribution in [3.05, 3.63) is 46.1 Å². The molecule has 0 radical (unpaired) electrons. The van der Waals surface area contributed by atoms with Crippen molar-refractivity contribution in [2.75, 3.05) is 11.4 Å². The summed E-state index contributed by atoms with van der Waals surface area (Å²) < 4.78 is 39.3. The van der Waals surface area contributed by atoms with E-state index < -0.39 is 17.8 Å². The maximum atomic E-state index is 13.1. The summed E-state index contributed by atoms with van der Waals surface area (Å²) in [6, 6.07) is 6.49. The Kier molecular flexibility index (Phi) is 3.23. The second kappa shape index (κ2) is 4.94. The molecule has 0 spiro atoms. The normalized spacial score (nSPS) is 18.6. The fourth-order valence-corrected chi connectivity index (χ4v) is 2.70. The molecule has 0 saturated heterocycles. The number of hydrogen-bond donors (Lipinski definition) is 2. The molecular weight excluding hydrogens is 285 g/mol. The van der Waals surface area contributed by atoms with E-state index in [0.717, 1.165) is 0 Å². The highest BCUT2D eigenvalue weighted by atomic mass is 19.4. The average molecular weight is 298 g/mol. The Labute approximate surface area is 117 Å². The molecule has 2 N–H and O–H groups in total. The number of alkyl halides is 3. The molecule has 0 saturated carbocycles. The van der Waals surface area contributed by atoms with Gasteiger partial charge in [0.15, 0.2) is 0 Å². The zero-order valence-electron chi connectivity index (χ0n) is 10.9. The van der Waals surface area contributed by atoms with Gasteiger partial charge in [0.2, 0.25) is 0 Å². The molecule has 0 bridgehead atoms. The van der Waals surface area contributed by atoms with Crippen molar-refractivity contribution in [1.29, 1.82) is 0 Å². The summed E-state index contributed by atoms with van der Waals surface area (Å²) in [6.07, 6.45) is -4.25. The minimum atomic E-state index is -4.25. The van der Waals surface area contributed by atoms with Gasteiger partial charge in [0.1, 0.15) is 5.82 Å². The molecule has 0 fully saturated rings. The van der Waals surface area contributed by atoms with Gasteiger partial charge in [-0.05, 0) is 18.1 Å². The van der Waals surface area contributed by atoms with Crippen LogP contribution in [0.2, 0.25) is 0 Å². The minimum Gasteiger partial charge on any atom is -0.364 e. The van der Waals surface area contributed by atoms with Crippen molar-refractivity contribution in [3.8, 4) is 0 Å². The van der Waals surface area contributed by atoms with Crippen molar-refractivity contribution < 1.29 is 13.2 Å². The number of H-pyrrole nitrogens is 2. The van der Waals surface area contributed by atoms with Crippen molar-refractivity contribution in [2.45, 2.75) is 25.1 Å². The van der Waals surface area contributed by atoms with Crippen molar-refractivity contribution in [2.24, 2.45) is 0 Å². The Morgan fingerprint density at radius 3 is 2.76 bits per heavy atom. The number of halogens is 3. The Balaban J connectivity index is 1.93. The van der Waals surface area contributed by atoms with Gasteiger partial charge < -0.3 is 4.90 Å². The van der Waals surface area contributed by atoms with Crippen molar-refractivity contribution in [3.63, 3.8) is 0 Å². The van der Waals surface area contributed by atoms with E-state index in [9.17, 15) is 18.0 Å². The van der Waals surface area contributed by atoms with Gasteiger partial charge in [-0.1, -0.05) is 18.2 Å². The number of anilines is 1. The zero-order chi connectivity index (χ0) is 15.0. The van der Waals surface area contributed by atoms with Gasteiger partial charge in [0, 0.05) is 12.2 Å². The molecule has 1 unspecified atom stereocenters. The fraction of sp³-hybridized carbons (Fsp3) is 0.385. The van der Waals surface area contributed by atoms with E-state index in [4.69, 9.17) is 0 Å². The molecule has 3 rings (SSSR count). The molecule has 2 heterocycles. The molecule has 1 atom stereocenters. The summed E-state index contributed by atoms with van der Waals surface area (Å²) >= 11 is 0. The second-order valence-electron chi connectivity index (χ2n) is 4.99. The Morgan fingerprint density at radius 2 is 2.10 bits per heavy atom. The Bertz CT molecular complexity index is 691. The molecule has 21 heavy (non-hydrogen) atoms. The summed E-state index contributed by atoms with van der Waals surface area (Å²) in [4.78, 5) is 15.3. The van der Waals surface area contributed by atoms with Crippen LogP contribution in [-0.2, 0) is 6.54 Å². The number of nitrogens with one attached hydrogen (secondary N) is 2. The van der Waals surface area contributed by atoms with Gasteiger partial charge in [-0.2, -0.15) is 18.3 Å². The van der Waals surface area contributed by atoms with E-state index >= 15 is 0 Å². The number of benzene rings is 1. The van der Waals surface area contributed by atoms with Crippen LogP contribution in [0.3, 0.4) is 0 Å². The maximum Gasteiger partial charge on any atom is 0.395 e. The Hall–Kier alpha value is -2.25. The lowest BCUT2D eigenvalue weighted by Crippen LogP contribution is -2.35. The number of aromatic nitrogens is 3. The summed E-state index contributed by atoms with van der Waals surface area (Å²) in [5, 5.41) is 6.04. The standard InChI is InChI=1S/C13H13F3N4O/c14-13(15,16)9-5-6-20(7-11-17-12(21)19-18-11)10-4-2-1-3-8(9)10/h1-4,9H,5-7H2,(H2,17,18,19,21). The molecule has 5 nitrogen and oxygen atoms in total. The van der Waals surface area contributed by atoms with E-state index in [-0.39, 0.29) is 25.1 Å². The SMILES string of the molecule is O=c1[nH]nc(CN2CCC(C(F)(F)F)c3ccccc32)[nH]1. The fourth-order valence-electron chi connectivity index (χ4n) is 2.70. The van der Waals surface area contributed by atoms with E-state index in [1.807, 2.05) is 0 Å². The second-order valence-corrected chi connectivity index (χ2v) is 4.99. The topological polar surface area (TPSA) is 64.8 Å². The van der Waals surface area contributed by atoms with Gasteiger partial charge in [0.25, 0.3) is 0 Å². The maximum absolute atomic E-state index is 13.1. The lowest BCUT2D eigenvalue weighted by atomic mass is 9.89. The number of fused-ring (bicyclic) bond motifs is 1. The van der Waals surface area contributed by atoms with Gasteiger partial charge in [-0.25, -0.2) is 9.89 Å².